The Bertz CT molecular complexity index is 474. The second-order valence-corrected chi connectivity index (χ2v) is 5.61. The number of aryl methyl sites for hydroxylation is 1. The maximum atomic E-state index is 11.9. The van der Waals surface area contributed by atoms with E-state index in [0.717, 1.165) is 50.2 Å². The van der Waals surface area contributed by atoms with Gasteiger partial charge in [-0.25, -0.2) is 0 Å². The molecule has 0 aliphatic carbocycles. The van der Waals surface area contributed by atoms with Gasteiger partial charge in [-0.1, -0.05) is 25.8 Å². The summed E-state index contributed by atoms with van der Waals surface area (Å²) in [6.07, 6.45) is 5.14. The summed E-state index contributed by atoms with van der Waals surface area (Å²) in [5, 5.41) is 6.29. The maximum absolute atomic E-state index is 11.9. The van der Waals surface area contributed by atoms with Crippen molar-refractivity contribution in [2.75, 3.05) is 18.4 Å². The van der Waals surface area contributed by atoms with Gasteiger partial charge in [-0.2, -0.15) is 0 Å². The van der Waals surface area contributed by atoms with Gasteiger partial charge in [-0.3, -0.25) is 4.79 Å². The summed E-state index contributed by atoms with van der Waals surface area (Å²) in [5.74, 6) is 0.705. The van der Waals surface area contributed by atoms with Crippen LogP contribution in [-0.4, -0.2) is 25.1 Å². The molecule has 0 aromatic heterocycles. The van der Waals surface area contributed by atoms with Crippen molar-refractivity contribution in [3.63, 3.8) is 0 Å². The summed E-state index contributed by atoms with van der Waals surface area (Å²) in [4.78, 5) is 11.9. The van der Waals surface area contributed by atoms with Crippen LogP contribution in [0.5, 0.6) is 5.75 Å². The molecule has 0 fully saturated rings. The molecule has 1 amide bonds. The molecule has 2 rings (SSSR count). The van der Waals surface area contributed by atoms with Crippen molar-refractivity contribution >= 4 is 11.6 Å². The van der Waals surface area contributed by atoms with Crippen LogP contribution in [-0.2, 0) is 11.2 Å². The Hall–Kier alpha value is -1.71. The summed E-state index contributed by atoms with van der Waals surface area (Å²) in [7, 11) is 0. The van der Waals surface area contributed by atoms with Crippen LogP contribution >= 0.6 is 0 Å². The van der Waals surface area contributed by atoms with E-state index in [1.165, 1.54) is 12.0 Å². The molecule has 0 bridgehead atoms. The first-order valence-corrected chi connectivity index (χ1v) is 8.02. The van der Waals surface area contributed by atoms with Crippen molar-refractivity contribution in [1.29, 1.82) is 0 Å². The van der Waals surface area contributed by atoms with Crippen molar-refractivity contribution in [1.82, 2.24) is 5.32 Å². The molecule has 0 saturated carbocycles. The minimum absolute atomic E-state index is 0.0446. The molecule has 1 aliphatic rings. The number of anilines is 1. The Kier molecular flexibility index (Phi) is 5.90. The number of fused-ring (bicyclic) bond motifs is 1. The number of hydrogen-bond acceptors (Lipinski definition) is 3. The van der Waals surface area contributed by atoms with Gasteiger partial charge in [0.25, 0.3) is 5.91 Å². The SMILES string of the molecule is CCCCCNC(=O)C(C)Oc1ccc2c(c1)NCCC2. The third-order valence-electron chi connectivity index (χ3n) is 3.78. The monoisotopic (exact) mass is 290 g/mol. The van der Waals surface area contributed by atoms with Gasteiger partial charge in [-0.05, 0) is 37.8 Å². The molecule has 0 radical (unpaired) electrons. The van der Waals surface area contributed by atoms with Crippen molar-refractivity contribution in [3.8, 4) is 5.75 Å². The minimum atomic E-state index is -0.465. The van der Waals surface area contributed by atoms with E-state index in [4.69, 9.17) is 4.74 Å². The van der Waals surface area contributed by atoms with Gasteiger partial charge in [-0.15, -0.1) is 0 Å². The highest BCUT2D eigenvalue weighted by Crippen LogP contribution is 2.27. The second-order valence-electron chi connectivity index (χ2n) is 5.61. The number of hydrogen-bond donors (Lipinski definition) is 2. The van der Waals surface area contributed by atoms with Gasteiger partial charge in [0.15, 0.2) is 6.10 Å². The molecule has 1 heterocycles. The molecule has 1 aromatic rings. The molecule has 21 heavy (non-hydrogen) atoms. The molecule has 1 atom stereocenters. The summed E-state index contributed by atoms with van der Waals surface area (Å²) < 4.78 is 5.75. The molecule has 116 valence electrons. The predicted octanol–water partition coefficient (Wildman–Crippen LogP) is 3.12. The zero-order chi connectivity index (χ0) is 15.1. The van der Waals surface area contributed by atoms with E-state index in [9.17, 15) is 4.79 Å². The summed E-state index contributed by atoms with van der Waals surface area (Å²) >= 11 is 0. The van der Waals surface area contributed by atoms with E-state index in [1.54, 1.807) is 6.92 Å². The van der Waals surface area contributed by atoms with Gasteiger partial charge in [0.1, 0.15) is 5.75 Å². The smallest absolute Gasteiger partial charge is 0.260 e. The number of amides is 1. The lowest BCUT2D eigenvalue weighted by Crippen LogP contribution is -2.36. The van der Waals surface area contributed by atoms with Crippen LogP contribution in [0.1, 0.15) is 45.1 Å². The predicted molar refractivity (Wildman–Crippen MR) is 85.9 cm³/mol. The highest BCUT2D eigenvalue weighted by Gasteiger charge is 2.15. The molecule has 1 unspecified atom stereocenters. The summed E-state index contributed by atoms with van der Waals surface area (Å²) in [6, 6.07) is 6.03. The second kappa shape index (κ2) is 7.91. The largest absolute Gasteiger partial charge is 0.481 e. The fraction of sp³-hybridized carbons (Fsp3) is 0.588. The fourth-order valence-corrected chi connectivity index (χ4v) is 2.50. The summed E-state index contributed by atoms with van der Waals surface area (Å²) in [6.45, 7) is 5.68. The third-order valence-corrected chi connectivity index (χ3v) is 3.78. The number of carbonyl (C=O) groups is 1. The number of carbonyl (C=O) groups excluding carboxylic acids is 1. The molecular formula is C17H26N2O2. The van der Waals surface area contributed by atoms with Crippen LogP contribution in [0.15, 0.2) is 18.2 Å². The highest BCUT2D eigenvalue weighted by molar-refractivity contribution is 5.80. The van der Waals surface area contributed by atoms with Crippen LogP contribution in [0.2, 0.25) is 0 Å². The first-order valence-electron chi connectivity index (χ1n) is 8.02. The average Bonchev–Trinajstić information content (AvgIpc) is 2.51. The van der Waals surface area contributed by atoms with E-state index in [0.29, 0.717) is 0 Å². The van der Waals surface area contributed by atoms with Crippen molar-refractivity contribution in [3.05, 3.63) is 23.8 Å². The lowest BCUT2D eigenvalue weighted by atomic mass is 10.0. The van der Waals surface area contributed by atoms with Gasteiger partial charge in [0.05, 0.1) is 0 Å². The molecule has 0 spiro atoms. The van der Waals surface area contributed by atoms with E-state index in [-0.39, 0.29) is 5.91 Å². The number of ether oxygens (including phenoxy) is 1. The Morgan fingerprint density at radius 1 is 1.43 bits per heavy atom. The zero-order valence-electron chi connectivity index (χ0n) is 13.1. The Balaban J connectivity index is 1.84. The molecule has 4 heteroatoms. The van der Waals surface area contributed by atoms with Crippen LogP contribution in [0.4, 0.5) is 5.69 Å². The van der Waals surface area contributed by atoms with Crippen molar-refractivity contribution in [2.45, 2.75) is 52.1 Å². The first-order chi connectivity index (χ1) is 10.2. The van der Waals surface area contributed by atoms with Gasteiger partial charge < -0.3 is 15.4 Å². The number of rotatable bonds is 7. The number of unbranched alkanes of at least 4 members (excludes halogenated alkanes) is 2. The minimum Gasteiger partial charge on any atom is -0.481 e. The van der Waals surface area contributed by atoms with E-state index in [2.05, 4.69) is 23.6 Å². The molecule has 1 aromatic carbocycles. The lowest BCUT2D eigenvalue weighted by Gasteiger charge is -2.20. The molecular weight excluding hydrogens is 264 g/mol. The van der Waals surface area contributed by atoms with E-state index in [1.807, 2.05) is 12.1 Å². The normalized spacial score (nSPS) is 14.8. The van der Waals surface area contributed by atoms with Crippen LogP contribution < -0.4 is 15.4 Å². The lowest BCUT2D eigenvalue weighted by molar-refractivity contribution is -0.127. The van der Waals surface area contributed by atoms with E-state index >= 15 is 0 Å². The molecule has 0 saturated heterocycles. The average molecular weight is 290 g/mol. The Labute approximate surface area is 127 Å². The topological polar surface area (TPSA) is 50.4 Å². The first kappa shape index (κ1) is 15.7. The van der Waals surface area contributed by atoms with Crippen LogP contribution in [0.25, 0.3) is 0 Å². The van der Waals surface area contributed by atoms with Crippen molar-refractivity contribution < 1.29 is 9.53 Å². The zero-order valence-corrected chi connectivity index (χ0v) is 13.1. The quantitative estimate of drug-likeness (QED) is 0.759. The van der Waals surface area contributed by atoms with Crippen LogP contribution in [0.3, 0.4) is 0 Å². The van der Waals surface area contributed by atoms with Crippen molar-refractivity contribution in [2.24, 2.45) is 0 Å². The number of nitrogens with one attached hydrogen (secondary N) is 2. The van der Waals surface area contributed by atoms with Gasteiger partial charge >= 0.3 is 0 Å². The van der Waals surface area contributed by atoms with Gasteiger partial charge in [0.2, 0.25) is 0 Å². The number of benzene rings is 1. The standard InChI is InChI=1S/C17H26N2O2/c1-3-4-5-10-19-17(20)13(2)21-15-9-8-14-7-6-11-18-16(14)12-15/h8-9,12-13,18H,3-7,10-11H2,1-2H3,(H,19,20). The van der Waals surface area contributed by atoms with E-state index < -0.39 is 6.10 Å². The molecule has 1 aliphatic heterocycles. The molecule has 4 nitrogen and oxygen atoms in total. The molecule has 2 N–H and O–H groups in total. The van der Waals surface area contributed by atoms with Gasteiger partial charge in [0, 0.05) is 24.8 Å². The van der Waals surface area contributed by atoms with Crippen LogP contribution in [0, 0.1) is 0 Å². The summed E-state index contributed by atoms with van der Waals surface area (Å²) in [5.41, 5.74) is 2.46. The maximum Gasteiger partial charge on any atom is 0.260 e. The Morgan fingerprint density at radius 2 is 2.29 bits per heavy atom. The fourth-order valence-electron chi connectivity index (χ4n) is 2.50. The highest BCUT2D eigenvalue weighted by atomic mass is 16.5. The third kappa shape index (κ3) is 4.66. The Morgan fingerprint density at radius 3 is 3.10 bits per heavy atom.